The summed E-state index contributed by atoms with van der Waals surface area (Å²) >= 11 is 0. The molecule has 224 valence electrons. The quantitative estimate of drug-likeness (QED) is 0.0686. The summed E-state index contributed by atoms with van der Waals surface area (Å²) in [7, 11) is -3.64. The Kier molecular flexibility index (Phi) is 9.01. The first-order valence-electron chi connectivity index (χ1n) is 12.5. The minimum absolute atomic E-state index is 0.0170. The molecule has 0 bridgehead atoms. The zero-order valence-corrected chi connectivity index (χ0v) is 23.2. The maximum absolute atomic E-state index is 15.2. The molecule has 0 saturated heterocycles. The van der Waals surface area contributed by atoms with Gasteiger partial charge in [0.2, 0.25) is 0 Å². The van der Waals surface area contributed by atoms with Gasteiger partial charge in [-0.15, -0.1) is 0 Å². The van der Waals surface area contributed by atoms with Crippen LogP contribution in [0.25, 0.3) is 11.1 Å². The Morgan fingerprint density at radius 3 is 2.33 bits per heavy atom. The zero-order chi connectivity index (χ0) is 31.4. The average molecular weight is 616 g/mol. The highest BCUT2D eigenvalue weighted by Crippen LogP contribution is 2.33. The number of carbonyl (C=O) groups excluding carboxylic acids is 1. The number of hydrogen-bond donors (Lipinski definition) is 5. The first-order chi connectivity index (χ1) is 20.3. The van der Waals surface area contributed by atoms with E-state index in [4.69, 9.17) is 10.6 Å². The van der Waals surface area contributed by atoms with E-state index in [-0.39, 0.29) is 44.4 Å². The molecule has 5 N–H and O–H groups in total. The minimum atomic E-state index is -4.72. The molecule has 0 aromatic heterocycles. The van der Waals surface area contributed by atoms with E-state index in [1.165, 1.54) is 72.8 Å². The monoisotopic (exact) mass is 615 g/mol. The first-order valence-corrected chi connectivity index (χ1v) is 14.4. The van der Waals surface area contributed by atoms with E-state index in [1.807, 2.05) is 0 Å². The van der Waals surface area contributed by atoms with Crippen LogP contribution in [0.2, 0.25) is 0 Å². The van der Waals surface area contributed by atoms with Crippen LogP contribution in [-0.2, 0) is 22.6 Å². The fourth-order valence-electron chi connectivity index (χ4n) is 4.23. The lowest BCUT2D eigenvalue weighted by Gasteiger charge is -2.26. The van der Waals surface area contributed by atoms with E-state index in [0.29, 0.717) is 0 Å². The fraction of sp³-hybridized carbons (Fsp3) is 0.103. The Labute approximate surface area is 244 Å². The summed E-state index contributed by atoms with van der Waals surface area (Å²) in [6.07, 6.45) is -3.70. The number of hydroxylamine groups is 1. The number of sulfone groups is 1. The third kappa shape index (κ3) is 7.47. The average Bonchev–Trinajstić information content (AvgIpc) is 2.97. The van der Waals surface area contributed by atoms with E-state index < -0.39 is 40.0 Å². The van der Waals surface area contributed by atoms with Gasteiger partial charge in [0, 0.05) is 17.4 Å². The Bertz CT molecular complexity index is 1780. The SMILES string of the molecule is CS(=O)(=O)c1ccccc1-c1ccc(NC(=O)N(Cc2ccccc2C(F)(F)F)Nc2cccc(C(=N)NO)c2)c(F)c1. The van der Waals surface area contributed by atoms with E-state index in [1.54, 1.807) is 11.5 Å². The molecule has 0 aliphatic rings. The molecule has 0 spiro atoms. The lowest BCUT2D eigenvalue weighted by atomic mass is 10.0. The smallest absolute Gasteiger partial charge is 0.304 e. The molecule has 0 atom stereocenters. The number of amides is 2. The molecule has 43 heavy (non-hydrogen) atoms. The number of benzene rings is 4. The van der Waals surface area contributed by atoms with E-state index in [0.717, 1.165) is 23.4 Å². The van der Waals surface area contributed by atoms with Crippen molar-refractivity contribution >= 4 is 33.1 Å². The minimum Gasteiger partial charge on any atom is -0.304 e. The Hall–Kier alpha value is -4.95. The van der Waals surface area contributed by atoms with Crippen molar-refractivity contribution in [2.75, 3.05) is 17.0 Å². The van der Waals surface area contributed by atoms with E-state index in [9.17, 15) is 26.4 Å². The van der Waals surface area contributed by atoms with Gasteiger partial charge in [0.1, 0.15) is 11.7 Å². The Balaban J connectivity index is 1.67. The van der Waals surface area contributed by atoms with Crippen LogP contribution in [-0.4, -0.2) is 36.8 Å². The second-order valence-corrected chi connectivity index (χ2v) is 11.3. The molecule has 0 saturated carbocycles. The van der Waals surface area contributed by atoms with Gasteiger partial charge in [0.15, 0.2) is 9.84 Å². The van der Waals surface area contributed by atoms with Crippen molar-refractivity contribution in [2.45, 2.75) is 17.6 Å². The number of hydrazine groups is 1. The molecule has 4 aromatic rings. The number of urea groups is 1. The van der Waals surface area contributed by atoms with Crippen molar-refractivity contribution < 1.29 is 36.0 Å². The van der Waals surface area contributed by atoms with Gasteiger partial charge in [-0.25, -0.2) is 22.6 Å². The number of anilines is 2. The van der Waals surface area contributed by atoms with Crippen LogP contribution in [0, 0.1) is 11.2 Å². The highest BCUT2D eigenvalue weighted by molar-refractivity contribution is 7.90. The molecule has 0 aliphatic carbocycles. The molecule has 0 aliphatic heterocycles. The number of hydrogen-bond acceptors (Lipinski definition) is 6. The molecular weight excluding hydrogens is 590 g/mol. The van der Waals surface area contributed by atoms with Crippen LogP contribution in [0.1, 0.15) is 16.7 Å². The summed E-state index contributed by atoms with van der Waals surface area (Å²) in [6.45, 7) is -0.608. The summed E-state index contributed by atoms with van der Waals surface area (Å²) in [6, 6.07) is 19.1. The van der Waals surface area contributed by atoms with Gasteiger partial charge in [-0.2, -0.15) is 13.2 Å². The maximum atomic E-state index is 15.2. The van der Waals surface area contributed by atoms with Gasteiger partial charge in [-0.3, -0.25) is 21.5 Å². The number of nitrogens with zero attached hydrogens (tertiary/aromatic N) is 1. The van der Waals surface area contributed by atoms with Gasteiger partial charge < -0.3 is 5.32 Å². The summed E-state index contributed by atoms with van der Waals surface area (Å²) < 4.78 is 80.8. The number of carbonyl (C=O) groups is 1. The van der Waals surface area contributed by atoms with Crippen LogP contribution in [0.15, 0.2) is 95.9 Å². The van der Waals surface area contributed by atoms with Crippen molar-refractivity contribution in [1.82, 2.24) is 10.5 Å². The summed E-state index contributed by atoms with van der Waals surface area (Å²) in [4.78, 5) is 13.4. The normalized spacial score (nSPS) is 11.5. The molecular formula is C29H25F4N5O4S. The van der Waals surface area contributed by atoms with Crippen LogP contribution < -0.4 is 16.2 Å². The van der Waals surface area contributed by atoms with Crippen LogP contribution in [0.3, 0.4) is 0 Å². The third-order valence-electron chi connectivity index (χ3n) is 6.23. The van der Waals surface area contributed by atoms with Gasteiger partial charge in [0.25, 0.3) is 0 Å². The topological polar surface area (TPSA) is 135 Å². The predicted octanol–water partition coefficient (Wildman–Crippen LogP) is 6.28. The van der Waals surface area contributed by atoms with Crippen molar-refractivity contribution in [3.63, 3.8) is 0 Å². The molecule has 9 nitrogen and oxygen atoms in total. The second kappa shape index (κ2) is 12.5. The number of halogens is 4. The Morgan fingerprint density at radius 2 is 1.65 bits per heavy atom. The molecule has 0 radical (unpaired) electrons. The number of amidine groups is 1. The molecule has 4 aromatic carbocycles. The third-order valence-corrected chi connectivity index (χ3v) is 7.39. The van der Waals surface area contributed by atoms with Gasteiger partial charge in [-0.05, 0) is 47.5 Å². The first kappa shape index (κ1) is 31.0. The summed E-state index contributed by atoms with van der Waals surface area (Å²) in [5.74, 6) is -1.30. The lowest BCUT2D eigenvalue weighted by molar-refractivity contribution is -0.138. The molecule has 4 rings (SSSR count). The molecule has 0 heterocycles. The van der Waals surface area contributed by atoms with Crippen molar-refractivity contribution in [3.8, 4) is 11.1 Å². The largest absolute Gasteiger partial charge is 0.416 e. The highest BCUT2D eigenvalue weighted by atomic mass is 32.2. The molecule has 2 amide bonds. The highest BCUT2D eigenvalue weighted by Gasteiger charge is 2.34. The second-order valence-electron chi connectivity index (χ2n) is 9.31. The molecule has 0 fully saturated rings. The fourth-order valence-corrected chi connectivity index (χ4v) is 5.14. The van der Waals surface area contributed by atoms with Gasteiger partial charge >= 0.3 is 12.2 Å². The Morgan fingerprint density at radius 1 is 0.953 bits per heavy atom. The van der Waals surface area contributed by atoms with Crippen molar-refractivity contribution in [3.05, 3.63) is 114 Å². The standard InChI is InChI=1S/C29H25F4N5O4S/c1-43(41,42)26-12-5-3-10-22(26)18-13-14-25(24(30)16-18)35-28(39)38(17-20-7-2-4-11-23(20)29(31,32)33)36-21-9-6-8-19(15-21)27(34)37-40/h2-16,36,40H,17H2,1H3,(H2,34,37)(H,35,39). The number of alkyl halides is 3. The van der Waals surface area contributed by atoms with Crippen molar-refractivity contribution in [2.24, 2.45) is 0 Å². The van der Waals surface area contributed by atoms with E-state index in [2.05, 4.69) is 10.7 Å². The lowest BCUT2D eigenvalue weighted by Crippen LogP contribution is -2.39. The van der Waals surface area contributed by atoms with Crippen LogP contribution in [0.4, 0.5) is 33.7 Å². The molecule has 0 unspecified atom stereocenters. The van der Waals surface area contributed by atoms with Crippen LogP contribution in [0.5, 0.6) is 0 Å². The predicted molar refractivity (Wildman–Crippen MR) is 153 cm³/mol. The maximum Gasteiger partial charge on any atom is 0.416 e. The number of rotatable bonds is 8. The number of nitrogens with one attached hydrogen (secondary N) is 4. The molecule has 14 heteroatoms. The van der Waals surface area contributed by atoms with Crippen LogP contribution >= 0.6 is 0 Å². The van der Waals surface area contributed by atoms with E-state index >= 15 is 4.39 Å². The van der Waals surface area contributed by atoms with Gasteiger partial charge in [-0.1, -0.05) is 54.6 Å². The zero-order valence-electron chi connectivity index (χ0n) is 22.4. The summed E-state index contributed by atoms with van der Waals surface area (Å²) in [5.41, 5.74) is 3.65. The van der Waals surface area contributed by atoms with Gasteiger partial charge in [0.05, 0.1) is 28.4 Å². The van der Waals surface area contributed by atoms with Crippen molar-refractivity contribution in [1.29, 1.82) is 5.41 Å². The summed E-state index contributed by atoms with van der Waals surface area (Å²) in [5, 5.41) is 19.9.